The van der Waals surface area contributed by atoms with Crippen LogP contribution in [-0.4, -0.2) is 11.3 Å². The van der Waals surface area contributed by atoms with Gasteiger partial charge in [-0.2, -0.15) is 0 Å². The predicted molar refractivity (Wildman–Crippen MR) is 32.2 cm³/mol. The lowest BCUT2D eigenvalue weighted by Crippen LogP contribution is -1.93. The topological polar surface area (TPSA) is 74.6 Å². The van der Waals surface area contributed by atoms with Gasteiger partial charge in [0.15, 0.2) is 5.78 Å². The van der Waals surface area contributed by atoms with Crippen molar-refractivity contribution in [3.63, 3.8) is 0 Å². The summed E-state index contributed by atoms with van der Waals surface area (Å²) in [5.74, 6) is 0.000000000000000444. The van der Waals surface area contributed by atoms with Gasteiger partial charge in [-0.25, -0.2) is 0 Å². The summed E-state index contributed by atoms with van der Waals surface area (Å²) in [5, 5.41) is 0. The SMILES string of the molecule is CC(=O)C=C(C)N.O. The van der Waals surface area contributed by atoms with Crippen molar-refractivity contribution in [1.82, 2.24) is 0 Å². The molecule has 0 radical (unpaired) electrons. The van der Waals surface area contributed by atoms with Crippen molar-refractivity contribution in [2.75, 3.05) is 0 Å². The first kappa shape index (κ1) is 10.2. The molecule has 0 saturated carbocycles. The van der Waals surface area contributed by atoms with Crippen LogP contribution in [0.2, 0.25) is 0 Å². The summed E-state index contributed by atoms with van der Waals surface area (Å²) in [6, 6.07) is 0. The van der Waals surface area contributed by atoms with Gasteiger partial charge in [0.2, 0.25) is 0 Å². The van der Waals surface area contributed by atoms with E-state index in [1.54, 1.807) is 6.92 Å². The zero-order chi connectivity index (χ0) is 5.86. The van der Waals surface area contributed by atoms with Crippen LogP contribution in [0.4, 0.5) is 0 Å². The molecule has 8 heavy (non-hydrogen) atoms. The maximum Gasteiger partial charge on any atom is 0.154 e. The highest BCUT2D eigenvalue weighted by atomic mass is 16.1. The van der Waals surface area contributed by atoms with Crippen LogP contribution < -0.4 is 5.73 Å². The molecule has 0 saturated heterocycles. The molecule has 0 aromatic carbocycles. The molecule has 48 valence electrons. The van der Waals surface area contributed by atoms with Crippen LogP contribution in [0.15, 0.2) is 11.8 Å². The van der Waals surface area contributed by atoms with E-state index in [0.717, 1.165) is 0 Å². The van der Waals surface area contributed by atoms with E-state index in [1.807, 2.05) is 0 Å². The lowest BCUT2D eigenvalue weighted by molar-refractivity contribution is -0.112. The first-order valence-corrected chi connectivity index (χ1v) is 2.07. The molecule has 0 atom stereocenters. The quantitative estimate of drug-likeness (QED) is 0.475. The molecular formula is C5H11NO2. The average Bonchev–Trinajstić information content (AvgIpc) is 1.27. The molecule has 0 amide bonds. The Bertz CT molecular complexity index is 103. The molecule has 0 aliphatic rings. The molecule has 0 fully saturated rings. The van der Waals surface area contributed by atoms with Crippen molar-refractivity contribution < 1.29 is 10.3 Å². The second-order valence-electron chi connectivity index (χ2n) is 1.50. The largest absolute Gasteiger partial charge is 0.412 e. The van der Waals surface area contributed by atoms with Gasteiger partial charge in [-0.1, -0.05) is 0 Å². The molecule has 0 bridgehead atoms. The smallest absolute Gasteiger partial charge is 0.154 e. The van der Waals surface area contributed by atoms with Crippen LogP contribution >= 0.6 is 0 Å². The number of ketones is 1. The maximum absolute atomic E-state index is 10.1. The van der Waals surface area contributed by atoms with E-state index in [4.69, 9.17) is 5.73 Å². The maximum atomic E-state index is 10.1. The Morgan fingerprint density at radius 3 is 1.88 bits per heavy atom. The normalized spacial score (nSPS) is 10.0. The molecule has 3 nitrogen and oxygen atoms in total. The Morgan fingerprint density at radius 2 is 1.88 bits per heavy atom. The van der Waals surface area contributed by atoms with Gasteiger partial charge in [0.25, 0.3) is 0 Å². The molecule has 0 unspecified atom stereocenters. The minimum atomic E-state index is 0. The number of hydrogen-bond acceptors (Lipinski definition) is 2. The molecule has 0 spiro atoms. The lowest BCUT2D eigenvalue weighted by atomic mass is 10.3. The predicted octanol–water partition coefficient (Wildman–Crippen LogP) is -0.387. The van der Waals surface area contributed by atoms with Crippen LogP contribution in [0, 0.1) is 0 Å². The van der Waals surface area contributed by atoms with E-state index in [9.17, 15) is 4.79 Å². The average molecular weight is 117 g/mol. The minimum absolute atomic E-state index is 0. The summed E-state index contributed by atoms with van der Waals surface area (Å²) in [6.45, 7) is 3.15. The van der Waals surface area contributed by atoms with Crippen molar-refractivity contribution in [2.45, 2.75) is 13.8 Å². The standard InChI is InChI=1S/C5H9NO.H2O/c1-4(6)3-5(2)7;/h3H,6H2,1-2H3;1H2. The van der Waals surface area contributed by atoms with E-state index in [0.29, 0.717) is 5.70 Å². The fraction of sp³-hybridized carbons (Fsp3) is 0.400. The molecule has 0 aliphatic heterocycles. The van der Waals surface area contributed by atoms with E-state index >= 15 is 0 Å². The first-order chi connectivity index (χ1) is 3.13. The van der Waals surface area contributed by atoms with Crippen LogP contribution in [0.25, 0.3) is 0 Å². The van der Waals surface area contributed by atoms with Crippen molar-refractivity contribution >= 4 is 5.78 Å². The fourth-order valence-electron chi connectivity index (χ4n) is 0.321. The van der Waals surface area contributed by atoms with E-state index in [1.165, 1.54) is 13.0 Å². The summed E-state index contributed by atoms with van der Waals surface area (Å²) >= 11 is 0. The van der Waals surface area contributed by atoms with E-state index in [2.05, 4.69) is 0 Å². The summed E-state index contributed by atoms with van der Waals surface area (Å²) < 4.78 is 0. The highest BCUT2D eigenvalue weighted by molar-refractivity contribution is 5.87. The van der Waals surface area contributed by atoms with Crippen molar-refractivity contribution in [1.29, 1.82) is 0 Å². The monoisotopic (exact) mass is 117 g/mol. The number of carbonyl (C=O) groups is 1. The number of carbonyl (C=O) groups excluding carboxylic acids is 1. The number of nitrogens with two attached hydrogens (primary N) is 1. The molecule has 4 N–H and O–H groups in total. The van der Waals surface area contributed by atoms with Crippen molar-refractivity contribution in [3.8, 4) is 0 Å². The Hall–Kier alpha value is -0.830. The number of allylic oxidation sites excluding steroid dienone is 2. The summed E-state index contributed by atoms with van der Waals surface area (Å²) in [5.41, 5.74) is 5.70. The number of rotatable bonds is 1. The van der Waals surface area contributed by atoms with Gasteiger partial charge < -0.3 is 11.2 Å². The molecule has 0 aromatic rings. The third-order valence-corrected chi connectivity index (χ3v) is 0.431. The molecule has 0 aromatic heterocycles. The molecule has 0 rings (SSSR count). The molecular weight excluding hydrogens is 106 g/mol. The fourth-order valence-corrected chi connectivity index (χ4v) is 0.321. The van der Waals surface area contributed by atoms with Crippen molar-refractivity contribution in [3.05, 3.63) is 11.8 Å². The van der Waals surface area contributed by atoms with E-state index < -0.39 is 0 Å². The lowest BCUT2D eigenvalue weighted by Gasteiger charge is -1.81. The highest BCUT2D eigenvalue weighted by Crippen LogP contribution is 1.78. The zero-order valence-electron chi connectivity index (χ0n) is 5.06. The Kier molecular flexibility index (Phi) is 5.53. The third-order valence-electron chi connectivity index (χ3n) is 0.431. The van der Waals surface area contributed by atoms with Crippen LogP contribution in [0.1, 0.15) is 13.8 Å². The minimum Gasteiger partial charge on any atom is -0.412 e. The van der Waals surface area contributed by atoms with Crippen LogP contribution in [-0.2, 0) is 4.79 Å². The molecule has 0 heterocycles. The third kappa shape index (κ3) is 8.95. The molecule has 3 heteroatoms. The molecule has 0 aliphatic carbocycles. The van der Waals surface area contributed by atoms with E-state index in [-0.39, 0.29) is 11.3 Å². The van der Waals surface area contributed by atoms with Gasteiger partial charge in [-0.3, -0.25) is 4.79 Å². The summed E-state index contributed by atoms with van der Waals surface area (Å²) in [7, 11) is 0. The van der Waals surface area contributed by atoms with Crippen LogP contribution in [0.5, 0.6) is 0 Å². The Balaban J connectivity index is 0. The van der Waals surface area contributed by atoms with Gasteiger partial charge >= 0.3 is 0 Å². The number of hydrogen-bond donors (Lipinski definition) is 1. The first-order valence-electron chi connectivity index (χ1n) is 2.07. The summed E-state index contributed by atoms with van der Waals surface area (Å²) in [4.78, 5) is 10.1. The van der Waals surface area contributed by atoms with Gasteiger partial charge in [0, 0.05) is 5.70 Å². The Morgan fingerprint density at radius 1 is 1.50 bits per heavy atom. The second kappa shape index (κ2) is 4.33. The highest BCUT2D eigenvalue weighted by Gasteiger charge is 1.80. The van der Waals surface area contributed by atoms with Crippen LogP contribution in [0.3, 0.4) is 0 Å². The second-order valence-corrected chi connectivity index (χ2v) is 1.50. The van der Waals surface area contributed by atoms with Gasteiger partial charge in [0.05, 0.1) is 0 Å². The Labute approximate surface area is 48.5 Å². The van der Waals surface area contributed by atoms with Crippen molar-refractivity contribution in [2.24, 2.45) is 5.73 Å². The zero-order valence-corrected chi connectivity index (χ0v) is 5.06. The van der Waals surface area contributed by atoms with Gasteiger partial charge in [-0.05, 0) is 19.9 Å². The summed E-state index contributed by atoms with van der Waals surface area (Å²) in [6.07, 6.45) is 1.39. The van der Waals surface area contributed by atoms with Gasteiger partial charge in [-0.15, -0.1) is 0 Å². The van der Waals surface area contributed by atoms with Gasteiger partial charge in [0.1, 0.15) is 0 Å².